The lowest BCUT2D eigenvalue weighted by atomic mass is 9.84. The Kier molecular flexibility index (Phi) is 4.44. The van der Waals surface area contributed by atoms with E-state index in [1.54, 1.807) is 0 Å². The van der Waals surface area contributed by atoms with Gasteiger partial charge in [0.1, 0.15) is 0 Å². The predicted molar refractivity (Wildman–Crippen MR) is 115 cm³/mol. The van der Waals surface area contributed by atoms with Gasteiger partial charge < -0.3 is 0 Å². The summed E-state index contributed by atoms with van der Waals surface area (Å²) in [5, 5.41) is 5.80. The highest BCUT2D eigenvalue weighted by molar-refractivity contribution is 5.84. The maximum atomic E-state index is 4.84. The summed E-state index contributed by atoms with van der Waals surface area (Å²) >= 11 is 0. The molecule has 2 heterocycles. The monoisotopic (exact) mass is 367 g/mol. The van der Waals surface area contributed by atoms with Gasteiger partial charge in [0.05, 0.1) is 23.1 Å². The summed E-state index contributed by atoms with van der Waals surface area (Å²) < 4.78 is 1.95. The van der Waals surface area contributed by atoms with Crippen molar-refractivity contribution < 1.29 is 0 Å². The van der Waals surface area contributed by atoms with E-state index in [-0.39, 0.29) is 0 Å². The molecule has 0 atom stereocenters. The Morgan fingerprint density at radius 3 is 2.54 bits per heavy atom. The maximum absolute atomic E-state index is 4.84. The molecule has 3 nitrogen and oxygen atoms in total. The van der Waals surface area contributed by atoms with Crippen molar-refractivity contribution in [2.75, 3.05) is 0 Å². The second-order valence-corrected chi connectivity index (χ2v) is 7.94. The van der Waals surface area contributed by atoms with Gasteiger partial charge in [-0.3, -0.25) is 0 Å². The molecule has 0 spiro atoms. The second-order valence-electron chi connectivity index (χ2n) is 7.94. The molecular formula is C25H25N3. The molecule has 1 aliphatic carbocycles. The van der Waals surface area contributed by atoms with Crippen molar-refractivity contribution in [3.05, 3.63) is 78.1 Å². The van der Waals surface area contributed by atoms with E-state index in [2.05, 4.69) is 66.8 Å². The number of benzene rings is 2. The molecule has 1 saturated carbocycles. The van der Waals surface area contributed by atoms with Crippen LogP contribution < -0.4 is 0 Å². The molecule has 1 aliphatic rings. The van der Waals surface area contributed by atoms with Crippen LogP contribution in [0, 0.1) is 6.92 Å². The fourth-order valence-electron chi connectivity index (χ4n) is 4.43. The molecule has 5 rings (SSSR count). The van der Waals surface area contributed by atoms with Crippen LogP contribution in [0.15, 0.2) is 67.0 Å². The Hall–Kier alpha value is -2.94. The molecule has 0 N–H and O–H groups in total. The summed E-state index contributed by atoms with van der Waals surface area (Å²) in [6.07, 6.45) is 10.8. The largest absolute Gasteiger partial charge is 0.248 e. The number of nitrogens with zero attached hydrogens (tertiary/aromatic N) is 3. The summed E-state index contributed by atoms with van der Waals surface area (Å²) in [6, 6.07) is 19.4. The number of fused-ring (bicyclic) bond motifs is 1. The highest BCUT2D eigenvalue weighted by atomic mass is 15.3. The zero-order valence-electron chi connectivity index (χ0n) is 16.3. The summed E-state index contributed by atoms with van der Waals surface area (Å²) in [4.78, 5) is 4.84. The Labute approximate surface area is 166 Å². The maximum Gasteiger partial charge on any atom is 0.0744 e. The summed E-state index contributed by atoms with van der Waals surface area (Å²) in [5.41, 5.74) is 6.87. The number of aromatic nitrogens is 3. The SMILES string of the molecule is Cc1cc(-c2cnn(-c3ccc(C4CCCCC4)cc3)c2)nc2ccccc12. The highest BCUT2D eigenvalue weighted by Crippen LogP contribution is 2.33. The van der Waals surface area contributed by atoms with E-state index < -0.39 is 0 Å². The predicted octanol–water partition coefficient (Wildman–Crippen LogP) is 6.44. The number of pyridine rings is 1. The molecule has 140 valence electrons. The molecule has 4 aromatic rings. The Balaban J connectivity index is 1.43. The number of hydrogen-bond donors (Lipinski definition) is 0. The summed E-state index contributed by atoms with van der Waals surface area (Å²) in [7, 11) is 0. The number of rotatable bonds is 3. The van der Waals surface area contributed by atoms with Gasteiger partial charge in [0, 0.05) is 17.1 Å². The first-order chi connectivity index (χ1) is 13.8. The lowest BCUT2D eigenvalue weighted by Crippen LogP contribution is -2.04. The third kappa shape index (κ3) is 3.22. The zero-order chi connectivity index (χ0) is 18.9. The van der Waals surface area contributed by atoms with Gasteiger partial charge in [-0.1, -0.05) is 49.6 Å². The van der Waals surface area contributed by atoms with Crippen molar-refractivity contribution >= 4 is 10.9 Å². The minimum absolute atomic E-state index is 0.737. The van der Waals surface area contributed by atoms with E-state index in [4.69, 9.17) is 4.98 Å². The average molecular weight is 367 g/mol. The third-order valence-corrected chi connectivity index (χ3v) is 6.04. The van der Waals surface area contributed by atoms with E-state index in [0.29, 0.717) is 0 Å². The van der Waals surface area contributed by atoms with Crippen molar-refractivity contribution in [3.63, 3.8) is 0 Å². The Bertz CT molecular complexity index is 1100. The van der Waals surface area contributed by atoms with E-state index >= 15 is 0 Å². The first-order valence-electron chi connectivity index (χ1n) is 10.3. The molecular weight excluding hydrogens is 342 g/mol. The second kappa shape index (κ2) is 7.23. The molecule has 0 saturated heterocycles. The van der Waals surface area contributed by atoms with E-state index in [1.807, 2.05) is 16.9 Å². The zero-order valence-corrected chi connectivity index (χ0v) is 16.3. The van der Waals surface area contributed by atoms with Gasteiger partial charge in [-0.2, -0.15) is 5.10 Å². The molecule has 0 unspecified atom stereocenters. The van der Waals surface area contributed by atoms with Crippen LogP contribution >= 0.6 is 0 Å². The van der Waals surface area contributed by atoms with Crippen molar-refractivity contribution in [1.29, 1.82) is 0 Å². The number of para-hydroxylation sites is 1. The highest BCUT2D eigenvalue weighted by Gasteiger charge is 2.15. The summed E-state index contributed by atoms with van der Waals surface area (Å²) in [6.45, 7) is 2.14. The first-order valence-corrected chi connectivity index (χ1v) is 10.3. The van der Waals surface area contributed by atoms with E-state index in [9.17, 15) is 0 Å². The number of hydrogen-bond acceptors (Lipinski definition) is 2. The van der Waals surface area contributed by atoms with Crippen molar-refractivity contribution in [3.8, 4) is 16.9 Å². The van der Waals surface area contributed by atoms with Crippen molar-refractivity contribution in [2.24, 2.45) is 0 Å². The van der Waals surface area contributed by atoms with Crippen LogP contribution in [-0.4, -0.2) is 14.8 Å². The molecule has 28 heavy (non-hydrogen) atoms. The van der Waals surface area contributed by atoms with E-state index in [1.165, 1.54) is 48.6 Å². The van der Waals surface area contributed by atoms with Crippen LogP contribution in [0.4, 0.5) is 0 Å². The molecule has 1 fully saturated rings. The lowest BCUT2D eigenvalue weighted by Gasteiger charge is -2.22. The van der Waals surface area contributed by atoms with Crippen LogP contribution in [-0.2, 0) is 0 Å². The first kappa shape index (κ1) is 17.2. The quantitative estimate of drug-likeness (QED) is 0.417. The molecule has 3 heteroatoms. The standard InChI is InChI=1S/C25H25N3/c1-18-15-25(27-24-10-6-5-9-23(18)24)21-16-26-28(17-21)22-13-11-20(12-14-22)19-7-3-2-4-8-19/h5-6,9-17,19H,2-4,7-8H2,1H3. The van der Waals surface area contributed by atoms with Gasteiger partial charge in [0.15, 0.2) is 0 Å². The van der Waals surface area contributed by atoms with Crippen LogP contribution in [0.5, 0.6) is 0 Å². The van der Waals surface area contributed by atoms with Gasteiger partial charge >= 0.3 is 0 Å². The Morgan fingerprint density at radius 2 is 1.71 bits per heavy atom. The molecule has 0 aliphatic heterocycles. The molecule has 0 bridgehead atoms. The van der Waals surface area contributed by atoms with Gasteiger partial charge in [-0.15, -0.1) is 0 Å². The molecule has 0 amide bonds. The van der Waals surface area contributed by atoms with E-state index in [0.717, 1.165) is 28.4 Å². The van der Waals surface area contributed by atoms with Crippen LogP contribution in [0.2, 0.25) is 0 Å². The minimum atomic E-state index is 0.737. The van der Waals surface area contributed by atoms with Gasteiger partial charge in [-0.25, -0.2) is 9.67 Å². The molecule has 0 radical (unpaired) electrons. The Morgan fingerprint density at radius 1 is 0.929 bits per heavy atom. The fourth-order valence-corrected chi connectivity index (χ4v) is 4.43. The van der Waals surface area contributed by atoms with Crippen LogP contribution in [0.1, 0.15) is 49.1 Å². The van der Waals surface area contributed by atoms with Crippen LogP contribution in [0.25, 0.3) is 27.8 Å². The smallest absolute Gasteiger partial charge is 0.0744 e. The average Bonchev–Trinajstić information content (AvgIpc) is 3.25. The molecule has 2 aromatic carbocycles. The lowest BCUT2D eigenvalue weighted by molar-refractivity contribution is 0.443. The van der Waals surface area contributed by atoms with Crippen molar-refractivity contribution in [1.82, 2.24) is 14.8 Å². The van der Waals surface area contributed by atoms with Gasteiger partial charge in [0.25, 0.3) is 0 Å². The topological polar surface area (TPSA) is 30.7 Å². The number of aryl methyl sites for hydroxylation is 1. The van der Waals surface area contributed by atoms with Crippen LogP contribution in [0.3, 0.4) is 0 Å². The van der Waals surface area contributed by atoms with Gasteiger partial charge in [-0.05, 0) is 61.1 Å². The normalized spacial score (nSPS) is 15.2. The van der Waals surface area contributed by atoms with Gasteiger partial charge in [0.2, 0.25) is 0 Å². The molecule has 2 aromatic heterocycles. The summed E-state index contributed by atoms with van der Waals surface area (Å²) in [5.74, 6) is 0.737. The fraction of sp³-hybridized carbons (Fsp3) is 0.280. The minimum Gasteiger partial charge on any atom is -0.248 e. The third-order valence-electron chi connectivity index (χ3n) is 6.04. The van der Waals surface area contributed by atoms with Crippen molar-refractivity contribution in [2.45, 2.75) is 44.9 Å².